The third-order valence-corrected chi connectivity index (χ3v) is 3.23. The predicted molar refractivity (Wildman–Crippen MR) is 75.4 cm³/mol. The van der Waals surface area contributed by atoms with E-state index < -0.39 is 5.82 Å². The number of imidazole rings is 1. The van der Waals surface area contributed by atoms with E-state index in [-0.39, 0.29) is 5.88 Å². The van der Waals surface area contributed by atoms with Gasteiger partial charge in [-0.05, 0) is 28.1 Å². The molecule has 0 spiro atoms. The van der Waals surface area contributed by atoms with Gasteiger partial charge >= 0.3 is 0 Å². The van der Waals surface area contributed by atoms with Crippen molar-refractivity contribution in [2.75, 3.05) is 12.4 Å². The smallest absolute Gasteiger partial charge is 0.250 e. The fraction of sp³-hybridized carbons (Fsp3) is 0.0833. The van der Waals surface area contributed by atoms with E-state index in [0.717, 1.165) is 0 Å². The number of fused-ring (bicyclic) bond motifs is 1. The zero-order chi connectivity index (χ0) is 14.1. The van der Waals surface area contributed by atoms with Gasteiger partial charge in [0.15, 0.2) is 5.65 Å². The van der Waals surface area contributed by atoms with E-state index in [0.29, 0.717) is 27.3 Å². The van der Waals surface area contributed by atoms with Crippen LogP contribution in [0.25, 0.3) is 11.2 Å². The van der Waals surface area contributed by atoms with Crippen molar-refractivity contribution in [2.45, 2.75) is 0 Å². The quantitative estimate of drug-likeness (QED) is 0.768. The van der Waals surface area contributed by atoms with Crippen LogP contribution in [0.4, 0.5) is 10.3 Å². The minimum atomic E-state index is -0.396. The molecule has 102 valence electrons. The van der Waals surface area contributed by atoms with Crippen molar-refractivity contribution in [1.82, 2.24) is 19.9 Å². The van der Waals surface area contributed by atoms with Crippen LogP contribution in [0.15, 0.2) is 29.0 Å². The molecule has 0 aliphatic carbocycles. The standard InChI is InChI=1S/C12H9BrFN5O/c1-15-12-18-10-9(16-5-17-10)11(19-12)20-8-4-6(14)2-3-7(8)13/h2-5H,1H3,(H2,15,16,17,18,19). The van der Waals surface area contributed by atoms with E-state index in [1.54, 1.807) is 13.1 Å². The monoisotopic (exact) mass is 337 g/mol. The number of hydrogen-bond acceptors (Lipinski definition) is 5. The van der Waals surface area contributed by atoms with Gasteiger partial charge in [-0.3, -0.25) is 0 Å². The van der Waals surface area contributed by atoms with Crippen molar-refractivity contribution in [3.05, 3.63) is 34.8 Å². The van der Waals surface area contributed by atoms with Crippen LogP contribution in [0.5, 0.6) is 11.6 Å². The van der Waals surface area contributed by atoms with E-state index in [2.05, 4.69) is 41.2 Å². The molecule has 0 bridgehead atoms. The zero-order valence-electron chi connectivity index (χ0n) is 10.3. The fourth-order valence-corrected chi connectivity index (χ4v) is 1.98. The van der Waals surface area contributed by atoms with Crippen molar-refractivity contribution in [1.29, 1.82) is 0 Å². The maximum atomic E-state index is 13.3. The summed E-state index contributed by atoms with van der Waals surface area (Å²) in [4.78, 5) is 15.3. The van der Waals surface area contributed by atoms with Crippen LogP contribution < -0.4 is 10.1 Å². The number of halogens is 2. The highest BCUT2D eigenvalue weighted by molar-refractivity contribution is 9.10. The summed E-state index contributed by atoms with van der Waals surface area (Å²) in [5.74, 6) is 0.559. The van der Waals surface area contributed by atoms with Crippen LogP contribution in [0.3, 0.4) is 0 Å². The molecule has 0 saturated heterocycles. The Labute approximate surface area is 121 Å². The highest BCUT2D eigenvalue weighted by Gasteiger charge is 2.13. The minimum Gasteiger partial charge on any atom is -0.436 e. The van der Waals surface area contributed by atoms with Gasteiger partial charge in [-0.15, -0.1) is 0 Å². The normalized spacial score (nSPS) is 10.8. The number of rotatable bonds is 3. The summed E-state index contributed by atoms with van der Waals surface area (Å²) in [6.07, 6.45) is 1.49. The summed E-state index contributed by atoms with van der Waals surface area (Å²) >= 11 is 3.30. The molecule has 3 rings (SSSR count). The first-order valence-electron chi connectivity index (χ1n) is 5.69. The summed E-state index contributed by atoms with van der Waals surface area (Å²) in [6, 6.07) is 4.17. The molecule has 0 amide bonds. The van der Waals surface area contributed by atoms with Gasteiger partial charge in [0, 0.05) is 13.1 Å². The molecular formula is C12H9BrFN5O. The molecule has 2 aromatic heterocycles. The molecule has 2 N–H and O–H groups in total. The molecule has 0 atom stereocenters. The predicted octanol–water partition coefficient (Wildman–Crippen LogP) is 3.09. The van der Waals surface area contributed by atoms with Crippen molar-refractivity contribution in [2.24, 2.45) is 0 Å². The molecule has 0 unspecified atom stereocenters. The van der Waals surface area contributed by atoms with Crippen LogP contribution in [-0.2, 0) is 0 Å². The van der Waals surface area contributed by atoms with Gasteiger partial charge in [0.25, 0.3) is 5.88 Å². The highest BCUT2D eigenvalue weighted by Crippen LogP contribution is 2.32. The Morgan fingerprint density at radius 1 is 1.35 bits per heavy atom. The molecule has 6 nitrogen and oxygen atoms in total. The molecule has 0 radical (unpaired) electrons. The molecule has 0 saturated carbocycles. The Morgan fingerprint density at radius 2 is 2.20 bits per heavy atom. The van der Waals surface area contributed by atoms with E-state index in [9.17, 15) is 4.39 Å². The SMILES string of the molecule is CNc1nc(Oc2cc(F)ccc2Br)c2[nH]cnc2n1. The van der Waals surface area contributed by atoms with Gasteiger partial charge in [0.05, 0.1) is 10.8 Å². The van der Waals surface area contributed by atoms with E-state index >= 15 is 0 Å². The second-order valence-corrected chi connectivity index (χ2v) is 4.73. The van der Waals surface area contributed by atoms with Crippen LogP contribution in [0.2, 0.25) is 0 Å². The first-order valence-corrected chi connectivity index (χ1v) is 6.48. The number of benzene rings is 1. The molecule has 20 heavy (non-hydrogen) atoms. The summed E-state index contributed by atoms with van der Waals surface area (Å²) in [6.45, 7) is 0. The van der Waals surface area contributed by atoms with Crippen molar-refractivity contribution >= 4 is 33.0 Å². The third-order valence-electron chi connectivity index (χ3n) is 2.58. The lowest BCUT2D eigenvalue weighted by Crippen LogP contribution is -1.99. The molecule has 8 heteroatoms. The largest absolute Gasteiger partial charge is 0.436 e. The molecular weight excluding hydrogens is 329 g/mol. The van der Waals surface area contributed by atoms with Crippen LogP contribution >= 0.6 is 15.9 Å². The average Bonchev–Trinajstić information content (AvgIpc) is 2.91. The van der Waals surface area contributed by atoms with Gasteiger partial charge in [-0.25, -0.2) is 9.37 Å². The highest BCUT2D eigenvalue weighted by atomic mass is 79.9. The van der Waals surface area contributed by atoms with Crippen molar-refractivity contribution in [3.8, 4) is 11.6 Å². The number of nitrogens with zero attached hydrogens (tertiary/aromatic N) is 3. The number of anilines is 1. The van der Waals surface area contributed by atoms with Gasteiger partial charge < -0.3 is 15.0 Å². The summed E-state index contributed by atoms with van der Waals surface area (Å²) < 4.78 is 19.6. The summed E-state index contributed by atoms with van der Waals surface area (Å²) in [7, 11) is 1.69. The van der Waals surface area contributed by atoms with E-state index in [1.165, 1.54) is 18.5 Å². The first kappa shape index (κ1) is 12.8. The third kappa shape index (κ3) is 2.29. The van der Waals surface area contributed by atoms with Gasteiger partial charge in [0.2, 0.25) is 5.95 Å². The van der Waals surface area contributed by atoms with Crippen LogP contribution in [0.1, 0.15) is 0 Å². The number of ether oxygens (including phenoxy) is 1. The number of aromatic nitrogens is 4. The number of H-pyrrole nitrogens is 1. The average molecular weight is 338 g/mol. The maximum Gasteiger partial charge on any atom is 0.250 e. The minimum absolute atomic E-state index is 0.267. The lowest BCUT2D eigenvalue weighted by molar-refractivity contribution is 0.460. The number of hydrogen-bond donors (Lipinski definition) is 2. The molecule has 0 aliphatic rings. The Balaban J connectivity index is 2.09. The Morgan fingerprint density at radius 3 is 3.00 bits per heavy atom. The Bertz CT molecular complexity index is 776. The van der Waals surface area contributed by atoms with Crippen LogP contribution in [-0.4, -0.2) is 27.0 Å². The molecule has 2 heterocycles. The lowest BCUT2D eigenvalue weighted by atomic mass is 10.3. The zero-order valence-corrected chi connectivity index (χ0v) is 11.9. The maximum absolute atomic E-state index is 13.3. The van der Waals surface area contributed by atoms with E-state index in [4.69, 9.17) is 4.74 Å². The van der Waals surface area contributed by atoms with Gasteiger partial charge in [-0.2, -0.15) is 9.97 Å². The van der Waals surface area contributed by atoms with Crippen molar-refractivity contribution in [3.63, 3.8) is 0 Å². The number of nitrogens with one attached hydrogen (secondary N) is 2. The Kier molecular flexibility index (Phi) is 3.23. The van der Waals surface area contributed by atoms with E-state index in [1.807, 2.05) is 0 Å². The second-order valence-electron chi connectivity index (χ2n) is 3.88. The molecule has 0 aliphatic heterocycles. The summed E-state index contributed by atoms with van der Waals surface area (Å²) in [5, 5.41) is 2.82. The summed E-state index contributed by atoms with van der Waals surface area (Å²) in [5.41, 5.74) is 1.01. The second kappa shape index (κ2) is 5.04. The fourth-order valence-electron chi connectivity index (χ4n) is 1.65. The van der Waals surface area contributed by atoms with Crippen LogP contribution in [0, 0.1) is 5.82 Å². The topological polar surface area (TPSA) is 75.7 Å². The van der Waals surface area contributed by atoms with Gasteiger partial charge in [-0.1, -0.05) is 0 Å². The van der Waals surface area contributed by atoms with Gasteiger partial charge in [0.1, 0.15) is 17.1 Å². The molecule has 0 fully saturated rings. The lowest BCUT2D eigenvalue weighted by Gasteiger charge is -2.08. The Hall–Kier alpha value is -2.22. The molecule has 1 aromatic carbocycles. The molecule has 3 aromatic rings. The van der Waals surface area contributed by atoms with Crippen molar-refractivity contribution < 1.29 is 9.13 Å². The first-order chi connectivity index (χ1) is 9.67. The number of aromatic amines is 1.